The topological polar surface area (TPSA) is 51.0 Å². The Kier molecular flexibility index (Phi) is 3.88. The molecule has 4 nitrogen and oxygen atoms in total. The van der Waals surface area contributed by atoms with Crippen LogP contribution in [0.2, 0.25) is 5.02 Å². The largest absolute Gasteiger partial charge is 0.419 e. The van der Waals surface area contributed by atoms with Gasteiger partial charge < -0.3 is 9.73 Å². The lowest BCUT2D eigenvalue weighted by Gasteiger charge is -2.03. The van der Waals surface area contributed by atoms with Gasteiger partial charge in [-0.15, -0.1) is 10.2 Å². The van der Waals surface area contributed by atoms with Gasteiger partial charge in [0.05, 0.1) is 6.54 Å². The van der Waals surface area contributed by atoms with Crippen LogP contribution in [0.5, 0.6) is 0 Å². The van der Waals surface area contributed by atoms with Crippen LogP contribution in [0.25, 0.3) is 11.5 Å². The molecule has 0 saturated heterocycles. The number of aromatic nitrogens is 2. The second-order valence-electron chi connectivity index (χ2n) is 4.68. The third-order valence-corrected chi connectivity index (χ3v) is 3.38. The Labute approximate surface area is 127 Å². The predicted octanol–water partition coefficient (Wildman–Crippen LogP) is 4.31. The summed E-state index contributed by atoms with van der Waals surface area (Å²) in [5.74, 6) is 1.09. The monoisotopic (exact) mass is 299 g/mol. The Morgan fingerprint density at radius 3 is 2.57 bits per heavy atom. The highest BCUT2D eigenvalue weighted by Crippen LogP contribution is 2.22. The minimum absolute atomic E-state index is 0.473. The molecule has 0 amide bonds. The Bertz CT molecular complexity index is 737. The quantitative estimate of drug-likeness (QED) is 0.780. The van der Waals surface area contributed by atoms with Crippen molar-refractivity contribution in [2.24, 2.45) is 0 Å². The SMILES string of the molecule is Cc1ccccc1-c1nnc(CNc2ccc(Cl)cc2)o1. The summed E-state index contributed by atoms with van der Waals surface area (Å²) < 4.78 is 5.69. The van der Waals surface area contributed by atoms with E-state index in [4.69, 9.17) is 16.0 Å². The molecular weight excluding hydrogens is 286 g/mol. The Balaban J connectivity index is 1.71. The van der Waals surface area contributed by atoms with E-state index in [9.17, 15) is 0 Å². The van der Waals surface area contributed by atoms with E-state index < -0.39 is 0 Å². The predicted molar refractivity (Wildman–Crippen MR) is 83.2 cm³/mol. The van der Waals surface area contributed by atoms with Gasteiger partial charge in [0.2, 0.25) is 11.8 Å². The van der Waals surface area contributed by atoms with Crippen LogP contribution in [0.4, 0.5) is 5.69 Å². The first-order valence-corrected chi connectivity index (χ1v) is 6.98. The molecule has 0 radical (unpaired) electrons. The number of nitrogens with one attached hydrogen (secondary N) is 1. The van der Waals surface area contributed by atoms with E-state index in [-0.39, 0.29) is 0 Å². The van der Waals surface area contributed by atoms with E-state index in [0.29, 0.717) is 23.3 Å². The van der Waals surface area contributed by atoms with Crippen LogP contribution in [-0.4, -0.2) is 10.2 Å². The van der Waals surface area contributed by atoms with Gasteiger partial charge in [-0.05, 0) is 42.8 Å². The number of halogens is 1. The van der Waals surface area contributed by atoms with Crippen molar-refractivity contribution in [3.05, 3.63) is 65.0 Å². The van der Waals surface area contributed by atoms with E-state index in [1.807, 2.05) is 55.5 Å². The van der Waals surface area contributed by atoms with Crippen LogP contribution >= 0.6 is 11.6 Å². The Morgan fingerprint density at radius 1 is 1.05 bits per heavy atom. The number of aryl methyl sites for hydroxylation is 1. The van der Waals surface area contributed by atoms with Gasteiger partial charge in [-0.1, -0.05) is 29.8 Å². The molecule has 106 valence electrons. The smallest absolute Gasteiger partial charge is 0.248 e. The van der Waals surface area contributed by atoms with Gasteiger partial charge in [0.25, 0.3) is 0 Å². The molecule has 0 aliphatic heterocycles. The highest BCUT2D eigenvalue weighted by Gasteiger charge is 2.10. The van der Waals surface area contributed by atoms with E-state index >= 15 is 0 Å². The molecule has 0 bridgehead atoms. The molecule has 0 unspecified atom stereocenters. The van der Waals surface area contributed by atoms with Crippen LogP contribution < -0.4 is 5.32 Å². The van der Waals surface area contributed by atoms with Gasteiger partial charge in [-0.25, -0.2) is 0 Å². The molecule has 1 heterocycles. The van der Waals surface area contributed by atoms with E-state index in [1.165, 1.54) is 0 Å². The molecule has 3 rings (SSSR count). The maximum Gasteiger partial charge on any atom is 0.248 e. The molecule has 5 heteroatoms. The second-order valence-corrected chi connectivity index (χ2v) is 5.11. The molecule has 0 atom stereocenters. The van der Waals surface area contributed by atoms with E-state index in [2.05, 4.69) is 15.5 Å². The molecule has 0 saturated carbocycles. The summed E-state index contributed by atoms with van der Waals surface area (Å²) in [5, 5.41) is 12.1. The van der Waals surface area contributed by atoms with Crippen LogP contribution in [0.1, 0.15) is 11.5 Å². The normalized spacial score (nSPS) is 10.6. The van der Waals surface area contributed by atoms with Crippen LogP contribution in [0.3, 0.4) is 0 Å². The maximum atomic E-state index is 5.85. The second kappa shape index (κ2) is 5.97. The van der Waals surface area contributed by atoms with Crippen molar-refractivity contribution in [3.63, 3.8) is 0 Å². The van der Waals surface area contributed by atoms with Crippen molar-refractivity contribution in [1.29, 1.82) is 0 Å². The first kappa shape index (κ1) is 13.6. The maximum absolute atomic E-state index is 5.85. The van der Waals surface area contributed by atoms with Gasteiger partial charge >= 0.3 is 0 Å². The molecular formula is C16H14ClN3O. The Morgan fingerprint density at radius 2 is 1.81 bits per heavy atom. The highest BCUT2D eigenvalue weighted by molar-refractivity contribution is 6.30. The lowest BCUT2D eigenvalue weighted by molar-refractivity contribution is 0.514. The average molecular weight is 300 g/mol. The number of hydrogen-bond acceptors (Lipinski definition) is 4. The van der Waals surface area contributed by atoms with Gasteiger partial charge in [-0.3, -0.25) is 0 Å². The minimum atomic E-state index is 0.473. The zero-order chi connectivity index (χ0) is 14.7. The number of anilines is 1. The summed E-state index contributed by atoms with van der Waals surface area (Å²) in [7, 11) is 0. The van der Waals surface area contributed by atoms with Crippen LogP contribution in [0, 0.1) is 6.92 Å². The van der Waals surface area contributed by atoms with Crippen molar-refractivity contribution in [3.8, 4) is 11.5 Å². The van der Waals surface area contributed by atoms with Gasteiger partial charge in [0.15, 0.2) is 0 Å². The molecule has 0 fully saturated rings. The molecule has 0 aliphatic rings. The van der Waals surface area contributed by atoms with Crippen molar-refractivity contribution in [1.82, 2.24) is 10.2 Å². The molecule has 21 heavy (non-hydrogen) atoms. The fraction of sp³-hybridized carbons (Fsp3) is 0.125. The van der Waals surface area contributed by atoms with E-state index in [0.717, 1.165) is 16.8 Å². The molecule has 0 spiro atoms. The standard InChI is InChI=1S/C16H14ClN3O/c1-11-4-2-3-5-14(11)16-20-19-15(21-16)10-18-13-8-6-12(17)7-9-13/h2-9,18H,10H2,1H3. The number of hydrogen-bond donors (Lipinski definition) is 1. The van der Waals surface area contributed by atoms with E-state index in [1.54, 1.807) is 0 Å². The van der Waals surface area contributed by atoms with Gasteiger partial charge in [0, 0.05) is 16.3 Å². The molecule has 0 aliphatic carbocycles. The first-order chi connectivity index (χ1) is 10.2. The molecule has 1 aromatic heterocycles. The summed E-state index contributed by atoms with van der Waals surface area (Å²) in [6.07, 6.45) is 0. The third-order valence-electron chi connectivity index (χ3n) is 3.13. The summed E-state index contributed by atoms with van der Waals surface area (Å²) in [6.45, 7) is 2.49. The average Bonchev–Trinajstić information content (AvgIpc) is 2.96. The van der Waals surface area contributed by atoms with Gasteiger partial charge in [-0.2, -0.15) is 0 Å². The molecule has 1 N–H and O–H groups in total. The fourth-order valence-electron chi connectivity index (χ4n) is 1.99. The number of nitrogens with zero attached hydrogens (tertiary/aromatic N) is 2. The van der Waals surface area contributed by atoms with Crippen molar-refractivity contribution >= 4 is 17.3 Å². The van der Waals surface area contributed by atoms with Crippen molar-refractivity contribution in [2.75, 3.05) is 5.32 Å². The summed E-state index contributed by atoms with van der Waals surface area (Å²) >= 11 is 5.85. The van der Waals surface area contributed by atoms with Crippen molar-refractivity contribution < 1.29 is 4.42 Å². The first-order valence-electron chi connectivity index (χ1n) is 6.60. The number of benzene rings is 2. The molecule has 3 aromatic rings. The minimum Gasteiger partial charge on any atom is -0.419 e. The zero-order valence-corrected chi connectivity index (χ0v) is 12.3. The van der Waals surface area contributed by atoms with Crippen LogP contribution in [-0.2, 0) is 6.54 Å². The lowest BCUT2D eigenvalue weighted by Crippen LogP contribution is -1.99. The van der Waals surface area contributed by atoms with Crippen LogP contribution in [0.15, 0.2) is 52.9 Å². The molecule has 2 aromatic carbocycles. The third kappa shape index (κ3) is 3.23. The number of rotatable bonds is 4. The summed E-state index contributed by atoms with van der Waals surface area (Å²) in [6, 6.07) is 15.4. The Hall–Kier alpha value is -2.33. The lowest BCUT2D eigenvalue weighted by atomic mass is 10.1. The summed E-state index contributed by atoms with van der Waals surface area (Å²) in [4.78, 5) is 0. The fourth-order valence-corrected chi connectivity index (χ4v) is 2.12. The highest BCUT2D eigenvalue weighted by atomic mass is 35.5. The van der Waals surface area contributed by atoms with Crippen molar-refractivity contribution in [2.45, 2.75) is 13.5 Å². The van der Waals surface area contributed by atoms with Gasteiger partial charge in [0.1, 0.15) is 0 Å². The zero-order valence-electron chi connectivity index (χ0n) is 11.5. The summed E-state index contributed by atoms with van der Waals surface area (Å²) in [5.41, 5.74) is 3.02.